The summed E-state index contributed by atoms with van der Waals surface area (Å²) in [5, 5.41) is 5.09. The highest BCUT2D eigenvalue weighted by Gasteiger charge is 2.47. The number of anilines is 2. The van der Waals surface area contributed by atoms with Gasteiger partial charge in [0.15, 0.2) is 0 Å². The molecular weight excluding hydrogens is 392 g/mol. The highest BCUT2D eigenvalue weighted by Crippen LogP contribution is 2.28. The number of para-hydroxylation sites is 2. The number of hydrogen-bond donors (Lipinski definition) is 2. The molecule has 2 aromatic carbocycles. The first-order valence-corrected chi connectivity index (χ1v) is 10.8. The molecule has 0 aliphatic carbocycles. The Hall–Kier alpha value is -3.35. The monoisotopic (exact) mass is 420 g/mol. The minimum Gasteiger partial charge on any atom is -0.371 e. The van der Waals surface area contributed by atoms with Crippen molar-refractivity contribution in [2.24, 2.45) is 0 Å². The third-order valence-corrected chi connectivity index (χ3v) is 6.20. The first-order chi connectivity index (χ1) is 15.1. The largest absolute Gasteiger partial charge is 0.371 e. The van der Waals surface area contributed by atoms with Crippen LogP contribution in [0.15, 0.2) is 60.7 Å². The molecule has 0 atom stereocenters. The molecule has 3 heterocycles. The Morgan fingerprint density at radius 1 is 0.677 bits per heavy atom. The van der Waals surface area contributed by atoms with Gasteiger partial charge in [-0.05, 0) is 37.1 Å². The van der Waals surface area contributed by atoms with Gasteiger partial charge < -0.3 is 15.1 Å². The van der Waals surface area contributed by atoms with Crippen molar-refractivity contribution in [2.45, 2.75) is 31.2 Å². The van der Waals surface area contributed by atoms with Crippen LogP contribution < -0.4 is 20.4 Å². The van der Waals surface area contributed by atoms with Gasteiger partial charge in [-0.3, -0.25) is 14.9 Å². The van der Waals surface area contributed by atoms with Crippen molar-refractivity contribution in [3.63, 3.8) is 0 Å². The molecule has 1 spiro atoms. The maximum absolute atomic E-state index is 11.8. The van der Waals surface area contributed by atoms with E-state index in [2.05, 4.69) is 44.7 Å². The number of imide groups is 1. The van der Waals surface area contributed by atoms with Gasteiger partial charge in [0.2, 0.25) is 0 Å². The summed E-state index contributed by atoms with van der Waals surface area (Å²) in [6.07, 6.45) is 2.71. The maximum atomic E-state index is 11.8. The third kappa shape index (κ3) is 4.87. The Kier molecular flexibility index (Phi) is 6.21. The van der Waals surface area contributed by atoms with Gasteiger partial charge in [0.1, 0.15) is 11.3 Å². The fraction of sp³-hybridized carbons (Fsp3) is 0.375. The molecule has 5 rings (SSSR count). The molecule has 0 bridgehead atoms. The number of carbonyl (C=O) groups is 3. The van der Waals surface area contributed by atoms with Crippen LogP contribution in [0.3, 0.4) is 0 Å². The van der Waals surface area contributed by atoms with E-state index in [0.29, 0.717) is 31.5 Å². The van der Waals surface area contributed by atoms with Gasteiger partial charge in [0.05, 0.1) is 0 Å². The fourth-order valence-electron chi connectivity index (χ4n) is 4.32. The fourth-order valence-corrected chi connectivity index (χ4v) is 4.32. The second-order valence-corrected chi connectivity index (χ2v) is 8.17. The Labute approximate surface area is 182 Å². The molecule has 3 aliphatic heterocycles. The summed E-state index contributed by atoms with van der Waals surface area (Å²) < 4.78 is 0. The lowest BCUT2D eigenvalue weighted by Crippen LogP contribution is -2.54. The van der Waals surface area contributed by atoms with Gasteiger partial charge in [-0.1, -0.05) is 36.4 Å². The molecule has 3 fully saturated rings. The maximum Gasteiger partial charge on any atom is 0.322 e. The molecule has 0 aromatic heterocycles. The summed E-state index contributed by atoms with van der Waals surface area (Å²) >= 11 is 0. The summed E-state index contributed by atoms with van der Waals surface area (Å²) in [5.74, 6) is 0.215. The highest BCUT2D eigenvalue weighted by molar-refractivity contribution is 6.07. The van der Waals surface area contributed by atoms with E-state index in [-0.39, 0.29) is 11.9 Å². The Morgan fingerprint density at radius 3 is 1.61 bits per heavy atom. The zero-order chi connectivity index (χ0) is 21.7. The van der Waals surface area contributed by atoms with Crippen molar-refractivity contribution in [3.8, 4) is 0 Å². The van der Waals surface area contributed by atoms with E-state index in [1.807, 2.05) is 36.4 Å². The van der Waals surface area contributed by atoms with E-state index in [1.165, 1.54) is 5.69 Å². The first-order valence-electron chi connectivity index (χ1n) is 10.8. The summed E-state index contributed by atoms with van der Waals surface area (Å²) in [7, 11) is 0. The third-order valence-electron chi connectivity index (χ3n) is 6.20. The van der Waals surface area contributed by atoms with Gasteiger partial charge in [0.25, 0.3) is 5.91 Å². The summed E-state index contributed by atoms with van der Waals surface area (Å²) in [5.41, 5.74) is 1.72. The number of benzene rings is 2. The van der Waals surface area contributed by atoms with E-state index in [0.717, 1.165) is 31.9 Å². The number of urea groups is 1. The number of rotatable bonds is 2. The van der Waals surface area contributed by atoms with Crippen LogP contribution in [0.4, 0.5) is 16.2 Å². The second kappa shape index (κ2) is 9.20. The van der Waals surface area contributed by atoms with Gasteiger partial charge >= 0.3 is 6.03 Å². The van der Waals surface area contributed by atoms with E-state index in [1.54, 1.807) is 0 Å². The number of hydrogen-bond acceptors (Lipinski definition) is 5. The number of Topliss-reactive ketones (excluding diaryl/α,β-unsaturated/α-hetero) is 1. The topological polar surface area (TPSA) is 81.8 Å². The molecule has 3 saturated heterocycles. The molecule has 3 amide bonds. The van der Waals surface area contributed by atoms with E-state index >= 15 is 0 Å². The van der Waals surface area contributed by atoms with Crippen molar-refractivity contribution in [3.05, 3.63) is 60.7 Å². The minimum absolute atomic E-state index is 0.180. The predicted molar refractivity (Wildman–Crippen MR) is 120 cm³/mol. The molecule has 2 N–H and O–H groups in total. The lowest BCUT2D eigenvalue weighted by molar-refractivity contribution is -0.124. The molecule has 0 saturated carbocycles. The predicted octanol–water partition coefficient (Wildman–Crippen LogP) is 2.72. The average molecular weight is 421 g/mol. The normalized spacial score (nSPS) is 20.1. The molecule has 3 aliphatic rings. The zero-order valence-electron chi connectivity index (χ0n) is 17.5. The average Bonchev–Trinajstić information content (AvgIpc) is 3.08. The Balaban J connectivity index is 0.000000158. The van der Waals surface area contributed by atoms with Gasteiger partial charge in [-0.15, -0.1) is 0 Å². The molecule has 7 nitrogen and oxygen atoms in total. The van der Waals surface area contributed by atoms with Crippen LogP contribution in [0.5, 0.6) is 0 Å². The lowest BCUT2D eigenvalue weighted by Gasteiger charge is -2.38. The van der Waals surface area contributed by atoms with Crippen molar-refractivity contribution < 1.29 is 14.4 Å². The lowest BCUT2D eigenvalue weighted by atomic mass is 9.87. The van der Waals surface area contributed by atoms with Crippen LogP contribution in [0, 0.1) is 0 Å². The molecular formula is C24H28N4O3. The zero-order valence-corrected chi connectivity index (χ0v) is 17.5. The van der Waals surface area contributed by atoms with Crippen LogP contribution in [-0.4, -0.2) is 49.4 Å². The Morgan fingerprint density at radius 2 is 1.16 bits per heavy atom. The minimum atomic E-state index is -0.678. The molecule has 162 valence electrons. The smallest absolute Gasteiger partial charge is 0.322 e. The molecule has 0 radical (unpaired) electrons. The van der Waals surface area contributed by atoms with Crippen LogP contribution in [0.25, 0.3) is 0 Å². The van der Waals surface area contributed by atoms with Crippen LogP contribution >= 0.6 is 0 Å². The highest BCUT2D eigenvalue weighted by atomic mass is 16.2. The second-order valence-electron chi connectivity index (χ2n) is 8.17. The molecule has 0 unspecified atom stereocenters. The number of piperidine rings is 2. The van der Waals surface area contributed by atoms with Crippen LogP contribution in [0.1, 0.15) is 25.7 Å². The molecule has 7 heteroatoms. The SMILES string of the molecule is O=C1CCN(c2ccccc2)CC1.O=C1NC(=O)C2(CCN(c3ccccc3)CC2)N1. The first kappa shape index (κ1) is 20.9. The van der Waals surface area contributed by atoms with Crippen molar-refractivity contribution >= 4 is 29.1 Å². The van der Waals surface area contributed by atoms with Crippen molar-refractivity contribution in [2.75, 3.05) is 36.0 Å². The quantitative estimate of drug-likeness (QED) is 0.730. The standard InChI is InChI=1S/C13H15N3O2.C11H13NO/c17-11-13(15-12(18)14-11)6-8-16(9-7-13)10-4-2-1-3-5-10;13-11-6-8-12(9-7-11)10-4-2-1-3-5-10/h1-5H,6-9H2,(H2,14,15,17,18);1-5H,6-9H2. The number of nitrogens with one attached hydrogen (secondary N) is 2. The molecule has 2 aromatic rings. The molecule has 31 heavy (non-hydrogen) atoms. The van der Waals surface area contributed by atoms with E-state index in [4.69, 9.17) is 0 Å². The van der Waals surface area contributed by atoms with Crippen LogP contribution in [-0.2, 0) is 9.59 Å². The van der Waals surface area contributed by atoms with E-state index in [9.17, 15) is 14.4 Å². The van der Waals surface area contributed by atoms with Gasteiger partial charge in [-0.2, -0.15) is 0 Å². The van der Waals surface area contributed by atoms with Crippen molar-refractivity contribution in [1.29, 1.82) is 0 Å². The van der Waals surface area contributed by atoms with Gasteiger partial charge in [-0.25, -0.2) is 4.79 Å². The number of carbonyl (C=O) groups excluding carboxylic acids is 3. The summed E-state index contributed by atoms with van der Waals surface area (Å²) in [6.45, 7) is 3.31. The van der Waals surface area contributed by atoms with Crippen LogP contribution in [0.2, 0.25) is 0 Å². The van der Waals surface area contributed by atoms with Crippen molar-refractivity contribution in [1.82, 2.24) is 10.6 Å². The van der Waals surface area contributed by atoms with E-state index < -0.39 is 5.54 Å². The number of ketones is 1. The number of amides is 3. The summed E-state index contributed by atoms with van der Waals surface area (Å²) in [6, 6.07) is 20.0. The Bertz CT molecular complexity index is 914. The summed E-state index contributed by atoms with van der Waals surface area (Å²) in [4.78, 5) is 38.5. The van der Waals surface area contributed by atoms with Gasteiger partial charge in [0, 0.05) is 50.4 Å². The number of nitrogens with zero attached hydrogens (tertiary/aromatic N) is 2.